The third kappa shape index (κ3) is 3.27. The summed E-state index contributed by atoms with van der Waals surface area (Å²) in [7, 11) is 0. The van der Waals surface area contributed by atoms with Gasteiger partial charge in [0.25, 0.3) is 0 Å². The summed E-state index contributed by atoms with van der Waals surface area (Å²) < 4.78 is 19.1. The fraction of sp³-hybridized carbons (Fsp3) is 0.133. The summed E-state index contributed by atoms with van der Waals surface area (Å²) in [5, 5.41) is 12.1. The summed E-state index contributed by atoms with van der Waals surface area (Å²) in [6.07, 6.45) is 0. The molecule has 0 aliphatic carbocycles. The van der Waals surface area contributed by atoms with E-state index in [0.29, 0.717) is 22.0 Å². The monoisotopic (exact) mass is 293 g/mol. The molecule has 0 heterocycles. The molecule has 0 bridgehead atoms. The average molecular weight is 294 g/mol. The molecule has 0 fully saturated rings. The Balaban J connectivity index is 2.08. The lowest BCUT2D eigenvalue weighted by atomic mass is 10.1. The quantitative estimate of drug-likeness (QED) is 0.520. The van der Waals surface area contributed by atoms with Crippen LogP contribution in [-0.4, -0.2) is 10.9 Å². The second-order valence-electron chi connectivity index (χ2n) is 4.20. The van der Waals surface area contributed by atoms with Crippen LogP contribution in [0.5, 0.6) is 5.75 Å². The van der Waals surface area contributed by atoms with Crippen LogP contribution in [0.25, 0.3) is 0 Å². The van der Waals surface area contributed by atoms with E-state index in [4.69, 9.17) is 21.5 Å². The van der Waals surface area contributed by atoms with Crippen LogP contribution in [0.4, 0.5) is 4.39 Å². The Labute approximate surface area is 121 Å². The number of hydrogen-bond donors (Lipinski definition) is 1. The molecule has 20 heavy (non-hydrogen) atoms. The van der Waals surface area contributed by atoms with Crippen LogP contribution in [0.2, 0.25) is 5.02 Å². The number of oxime groups is 1. The molecule has 104 valence electrons. The molecule has 0 aromatic heterocycles. The summed E-state index contributed by atoms with van der Waals surface area (Å²) >= 11 is 5.92. The third-order valence-electron chi connectivity index (χ3n) is 2.87. The minimum atomic E-state index is -0.391. The van der Waals surface area contributed by atoms with E-state index in [2.05, 4.69) is 5.16 Å². The van der Waals surface area contributed by atoms with Gasteiger partial charge in [0.1, 0.15) is 18.2 Å². The molecule has 0 aliphatic rings. The molecule has 2 aromatic carbocycles. The average Bonchev–Trinajstić information content (AvgIpc) is 2.46. The number of ether oxygens (including phenoxy) is 1. The molecule has 0 radical (unpaired) electrons. The molecule has 0 saturated carbocycles. The molecular weight excluding hydrogens is 281 g/mol. The van der Waals surface area contributed by atoms with Gasteiger partial charge in [0.15, 0.2) is 0 Å². The van der Waals surface area contributed by atoms with Gasteiger partial charge in [-0.2, -0.15) is 0 Å². The Morgan fingerprint density at radius 2 is 1.95 bits per heavy atom. The largest absolute Gasteiger partial charge is 0.489 e. The Bertz CT molecular complexity index is 606. The molecule has 0 unspecified atom stereocenters. The van der Waals surface area contributed by atoms with Gasteiger partial charge in [-0.15, -0.1) is 0 Å². The van der Waals surface area contributed by atoms with Crippen molar-refractivity contribution in [3.05, 3.63) is 64.4 Å². The molecule has 0 atom stereocenters. The number of benzene rings is 2. The highest BCUT2D eigenvalue weighted by molar-refractivity contribution is 6.31. The van der Waals surface area contributed by atoms with Crippen molar-refractivity contribution < 1.29 is 14.3 Å². The molecule has 0 spiro atoms. The van der Waals surface area contributed by atoms with E-state index in [1.54, 1.807) is 43.3 Å². The Morgan fingerprint density at radius 3 is 2.55 bits per heavy atom. The maximum absolute atomic E-state index is 13.6. The molecule has 0 amide bonds. The first-order valence-corrected chi connectivity index (χ1v) is 6.34. The maximum atomic E-state index is 13.6. The lowest BCUT2D eigenvalue weighted by molar-refractivity contribution is 0.300. The molecule has 0 saturated heterocycles. The van der Waals surface area contributed by atoms with Gasteiger partial charge >= 0.3 is 0 Å². The summed E-state index contributed by atoms with van der Waals surface area (Å²) in [6.45, 7) is 1.74. The van der Waals surface area contributed by atoms with Crippen molar-refractivity contribution in [3.63, 3.8) is 0 Å². The Kier molecular flexibility index (Phi) is 4.58. The Hall–Kier alpha value is -2.07. The van der Waals surface area contributed by atoms with Gasteiger partial charge in [-0.25, -0.2) is 4.39 Å². The van der Waals surface area contributed by atoms with Crippen LogP contribution >= 0.6 is 11.6 Å². The van der Waals surface area contributed by atoms with Crippen LogP contribution in [0, 0.1) is 5.82 Å². The van der Waals surface area contributed by atoms with Crippen molar-refractivity contribution in [1.82, 2.24) is 0 Å². The second kappa shape index (κ2) is 6.39. The highest BCUT2D eigenvalue weighted by Crippen LogP contribution is 2.21. The lowest BCUT2D eigenvalue weighted by Crippen LogP contribution is -2.00. The minimum absolute atomic E-state index is 0.0535. The molecular formula is C15H13ClFNO2. The van der Waals surface area contributed by atoms with Gasteiger partial charge in [-0.1, -0.05) is 22.8 Å². The predicted octanol–water partition coefficient (Wildman–Crippen LogP) is 4.26. The number of rotatable bonds is 4. The third-order valence-corrected chi connectivity index (χ3v) is 3.22. The first-order valence-electron chi connectivity index (χ1n) is 5.96. The molecule has 1 N–H and O–H groups in total. The molecule has 2 rings (SSSR count). The summed E-state index contributed by atoms with van der Waals surface area (Å²) in [5.74, 6) is 0.191. The maximum Gasteiger partial charge on any atom is 0.131 e. The summed E-state index contributed by atoms with van der Waals surface area (Å²) in [5.41, 5.74) is 1.61. The highest BCUT2D eigenvalue weighted by atomic mass is 35.5. The standard InChI is InChI=1S/C15H13ClFNO2/c1-10(18-19)11-5-7-12(8-6-11)20-9-13-14(16)3-2-4-15(13)17/h2-8,19H,9H2,1H3. The van der Waals surface area contributed by atoms with E-state index in [1.165, 1.54) is 6.07 Å². The van der Waals surface area contributed by atoms with Crippen molar-refractivity contribution in [3.8, 4) is 5.75 Å². The van der Waals surface area contributed by atoms with Crippen LogP contribution in [0.3, 0.4) is 0 Å². The first kappa shape index (κ1) is 14.3. The van der Waals surface area contributed by atoms with Gasteiger partial charge in [-0.05, 0) is 48.9 Å². The smallest absolute Gasteiger partial charge is 0.131 e. The van der Waals surface area contributed by atoms with Crippen LogP contribution in [-0.2, 0) is 6.61 Å². The predicted molar refractivity (Wildman–Crippen MR) is 76.2 cm³/mol. The van der Waals surface area contributed by atoms with Gasteiger partial charge < -0.3 is 9.94 Å². The fourth-order valence-corrected chi connectivity index (χ4v) is 1.89. The lowest BCUT2D eigenvalue weighted by Gasteiger charge is -2.09. The van der Waals surface area contributed by atoms with Crippen molar-refractivity contribution in [2.45, 2.75) is 13.5 Å². The summed E-state index contributed by atoms with van der Waals surface area (Å²) in [4.78, 5) is 0. The van der Waals surface area contributed by atoms with E-state index < -0.39 is 5.82 Å². The van der Waals surface area contributed by atoms with Gasteiger partial charge in [0, 0.05) is 5.56 Å². The number of nitrogens with zero attached hydrogens (tertiary/aromatic N) is 1. The van der Waals surface area contributed by atoms with Crippen molar-refractivity contribution in [1.29, 1.82) is 0 Å². The number of hydrogen-bond acceptors (Lipinski definition) is 3. The van der Waals surface area contributed by atoms with E-state index >= 15 is 0 Å². The van der Waals surface area contributed by atoms with E-state index in [-0.39, 0.29) is 6.61 Å². The van der Waals surface area contributed by atoms with Gasteiger partial charge in [0.2, 0.25) is 0 Å². The van der Waals surface area contributed by atoms with Crippen LogP contribution in [0.15, 0.2) is 47.6 Å². The highest BCUT2D eigenvalue weighted by Gasteiger charge is 2.07. The number of halogens is 2. The molecule has 5 heteroatoms. The van der Waals surface area contributed by atoms with Gasteiger partial charge in [-0.3, -0.25) is 0 Å². The van der Waals surface area contributed by atoms with Crippen molar-refractivity contribution in [2.24, 2.45) is 5.16 Å². The van der Waals surface area contributed by atoms with Crippen LogP contribution < -0.4 is 4.74 Å². The summed E-state index contributed by atoms with van der Waals surface area (Å²) in [6, 6.07) is 11.5. The SMILES string of the molecule is CC(=NO)c1ccc(OCc2c(F)cccc2Cl)cc1. The van der Waals surface area contributed by atoms with E-state index in [9.17, 15) is 4.39 Å². The second-order valence-corrected chi connectivity index (χ2v) is 4.61. The van der Waals surface area contributed by atoms with E-state index in [1.807, 2.05) is 0 Å². The van der Waals surface area contributed by atoms with E-state index in [0.717, 1.165) is 5.56 Å². The van der Waals surface area contributed by atoms with Gasteiger partial charge in [0.05, 0.1) is 10.7 Å². The normalized spacial score (nSPS) is 11.4. The molecule has 2 aromatic rings. The molecule has 0 aliphatic heterocycles. The van der Waals surface area contributed by atoms with Crippen molar-refractivity contribution >= 4 is 17.3 Å². The Morgan fingerprint density at radius 1 is 1.25 bits per heavy atom. The molecule has 3 nitrogen and oxygen atoms in total. The fourth-order valence-electron chi connectivity index (χ4n) is 1.68. The zero-order valence-corrected chi connectivity index (χ0v) is 11.6. The van der Waals surface area contributed by atoms with Crippen molar-refractivity contribution in [2.75, 3.05) is 0 Å². The van der Waals surface area contributed by atoms with Crippen LogP contribution in [0.1, 0.15) is 18.1 Å². The first-order chi connectivity index (χ1) is 9.61. The minimum Gasteiger partial charge on any atom is -0.489 e. The topological polar surface area (TPSA) is 41.8 Å². The zero-order chi connectivity index (χ0) is 14.5. The zero-order valence-electron chi connectivity index (χ0n) is 10.8.